The molecule has 4 aliphatic rings. The van der Waals surface area contributed by atoms with Gasteiger partial charge in [-0.2, -0.15) is 0 Å². The van der Waals surface area contributed by atoms with E-state index in [1.807, 2.05) is 18.0 Å². The summed E-state index contributed by atoms with van der Waals surface area (Å²) in [6, 6.07) is 15.6. The van der Waals surface area contributed by atoms with E-state index in [0.717, 1.165) is 25.7 Å². The molecule has 6 rings (SSSR count). The molecule has 0 saturated heterocycles. The predicted molar refractivity (Wildman–Crippen MR) is 128 cm³/mol. The highest BCUT2D eigenvalue weighted by molar-refractivity contribution is 5.89. The number of carbonyl (C=O) groups is 1. The maximum Gasteiger partial charge on any atom is 0.246 e. The van der Waals surface area contributed by atoms with Gasteiger partial charge in [-0.1, -0.05) is 62.4 Å². The second-order valence-corrected chi connectivity index (χ2v) is 11.6. The molecule has 1 aliphatic heterocycles. The maximum atomic E-state index is 12.3. The van der Waals surface area contributed by atoms with Crippen molar-refractivity contribution in [2.75, 3.05) is 7.05 Å². The number of aliphatic hydroxyl groups excluding tert-OH is 1. The zero-order valence-electron chi connectivity index (χ0n) is 19.5. The minimum atomic E-state index is -0.286. The number of rotatable bonds is 1. The highest BCUT2D eigenvalue weighted by atomic mass is 16.3. The van der Waals surface area contributed by atoms with E-state index in [1.165, 1.54) is 22.8 Å². The molecule has 0 bridgehead atoms. The largest absolute Gasteiger partial charge is 0.392 e. The molecule has 0 aromatic heterocycles. The number of aliphatic hydroxyl groups is 1. The zero-order chi connectivity index (χ0) is 22.3. The van der Waals surface area contributed by atoms with Crippen LogP contribution >= 0.6 is 0 Å². The molecule has 32 heavy (non-hydrogen) atoms. The molecule has 168 valence electrons. The molecular weight excluding hydrogens is 394 g/mol. The first-order valence-electron chi connectivity index (χ1n) is 12.5. The molecule has 3 nitrogen and oxygen atoms in total. The van der Waals surface area contributed by atoms with Crippen molar-refractivity contribution in [1.29, 1.82) is 0 Å². The van der Waals surface area contributed by atoms with Crippen LogP contribution < -0.4 is 0 Å². The van der Waals surface area contributed by atoms with Crippen LogP contribution in [0.15, 0.2) is 54.6 Å². The normalized spacial score (nSPS) is 43.1. The lowest BCUT2D eigenvalue weighted by Gasteiger charge is -2.60. The van der Waals surface area contributed by atoms with E-state index >= 15 is 0 Å². The zero-order valence-corrected chi connectivity index (χ0v) is 19.5. The van der Waals surface area contributed by atoms with Crippen LogP contribution in [-0.2, 0) is 4.79 Å². The summed E-state index contributed by atoms with van der Waals surface area (Å²) in [6.07, 6.45) is 9.33. The molecule has 0 radical (unpaired) electrons. The third kappa shape index (κ3) is 2.67. The first kappa shape index (κ1) is 20.5. The molecule has 0 spiro atoms. The molecule has 3 saturated carbocycles. The molecule has 1 heterocycles. The summed E-state index contributed by atoms with van der Waals surface area (Å²) in [4.78, 5) is 14.3. The van der Waals surface area contributed by atoms with Gasteiger partial charge in [0.25, 0.3) is 0 Å². The summed E-state index contributed by atoms with van der Waals surface area (Å²) in [7, 11) is 1.98. The Balaban J connectivity index is 1.34. The molecular formula is C29H35NO2. The Kier molecular flexibility index (Phi) is 4.44. The van der Waals surface area contributed by atoms with E-state index in [4.69, 9.17) is 0 Å². The van der Waals surface area contributed by atoms with Crippen molar-refractivity contribution in [2.24, 2.45) is 28.6 Å². The Hall–Kier alpha value is -2.13. The summed E-state index contributed by atoms with van der Waals surface area (Å²) >= 11 is 0. The van der Waals surface area contributed by atoms with Crippen LogP contribution in [0.2, 0.25) is 0 Å². The summed E-state index contributed by atoms with van der Waals surface area (Å²) in [5.74, 6) is 2.13. The van der Waals surface area contributed by atoms with Crippen LogP contribution in [0, 0.1) is 28.6 Å². The molecule has 1 amide bonds. The summed E-state index contributed by atoms with van der Waals surface area (Å²) < 4.78 is 0. The number of carbonyl (C=O) groups excluding carboxylic acids is 1. The fraction of sp³-hybridized carbons (Fsp3) is 0.552. The van der Waals surface area contributed by atoms with Crippen LogP contribution in [0.4, 0.5) is 0 Å². The Morgan fingerprint density at radius 2 is 1.78 bits per heavy atom. The first-order valence-corrected chi connectivity index (χ1v) is 12.5. The van der Waals surface area contributed by atoms with Crippen molar-refractivity contribution in [3.05, 3.63) is 60.2 Å². The third-order valence-corrected chi connectivity index (χ3v) is 10.3. The summed E-state index contributed by atoms with van der Waals surface area (Å²) in [5, 5.41) is 14.2. The third-order valence-electron chi connectivity index (χ3n) is 10.3. The smallest absolute Gasteiger partial charge is 0.246 e. The van der Waals surface area contributed by atoms with Gasteiger partial charge in [-0.05, 0) is 77.7 Å². The average molecular weight is 430 g/mol. The summed E-state index contributed by atoms with van der Waals surface area (Å²) in [5.41, 5.74) is 1.34. The van der Waals surface area contributed by atoms with E-state index < -0.39 is 0 Å². The lowest BCUT2D eigenvalue weighted by molar-refractivity contribution is -0.140. The molecule has 2 aromatic carbocycles. The minimum Gasteiger partial charge on any atom is -0.392 e. The van der Waals surface area contributed by atoms with Crippen molar-refractivity contribution >= 4 is 16.7 Å². The number of benzene rings is 2. The Morgan fingerprint density at radius 3 is 2.59 bits per heavy atom. The topological polar surface area (TPSA) is 40.5 Å². The molecule has 3 aliphatic carbocycles. The van der Waals surface area contributed by atoms with Crippen LogP contribution in [-0.4, -0.2) is 35.1 Å². The standard InChI is InChI=1S/C29H35NO2/c1-28-15-13-26(31)30(3)25(28)11-10-21-23(28)12-14-29(2)24(21)17-22(27(29)32)20-9-8-18-6-4-5-7-19(18)16-20/h4-9,13,15-16,21-25,27,32H,10-12,14,17H2,1-3H3/t21-,22+,23+,24+,25-,27+,28-,29+/m1/s1. The van der Waals surface area contributed by atoms with Gasteiger partial charge >= 0.3 is 0 Å². The van der Waals surface area contributed by atoms with Gasteiger partial charge in [-0.25, -0.2) is 0 Å². The van der Waals surface area contributed by atoms with Crippen molar-refractivity contribution < 1.29 is 9.90 Å². The van der Waals surface area contributed by atoms with Gasteiger partial charge < -0.3 is 10.0 Å². The fourth-order valence-electron chi connectivity index (χ4n) is 8.52. The monoisotopic (exact) mass is 429 g/mol. The Bertz CT molecular complexity index is 1110. The molecule has 8 atom stereocenters. The average Bonchev–Trinajstić information content (AvgIpc) is 3.07. The maximum absolute atomic E-state index is 12.3. The minimum absolute atomic E-state index is 0.0131. The van der Waals surface area contributed by atoms with E-state index in [-0.39, 0.29) is 28.8 Å². The molecule has 3 heteroatoms. The van der Waals surface area contributed by atoms with Crippen LogP contribution in [0.3, 0.4) is 0 Å². The van der Waals surface area contributed by atoms with Crippen molar-refractivity contribution in [2.45, 2.75) is 64.0 Å². The number of hydrogen-bond donors (Lipinski definition) is 1. The second-order valence-electron chi connectivity index (χ2n) is 11.6. The molecule has 1 N–H and O–H groups in total. The van der Waals surface area contributed by atoms with Crippen LogP contribution in [0.1, 0.15) is 57.4 Å². The highest BCUT2D eigenvalue weighted by Crippen LogP contribution is 2.66. The van der Waals surface area contributed by atoms with Gasteiger partial charge in [0.1, 0.15) is 0 Å². The first-order chi connectivity index (χ1) is 15.3. The van der Waals surface area contributed by atoms with Gasteiger partial charge in [0.15, 0.2) is 0 Å². The second kappa shape index (κ2) is 6.93. The van der Waals surface area contributed by atoms with Gasteiger partial charge in [0, 0.05) is 24.4 Å². The van der Waals surface area contributed by atoms with Crippen LogP contribution in [0.25, 0.3) is 10.8 Å². The van der Waals surface area contributed by atoms with E-state index in [1.54, 1.807) is 0 Å². The lowest BCUT2D eigenvalue weighted by atomic mass is 9.48. The number of likely N-dealkylation sites (N-methyl/N-ethyl adjacent to an activating group) is 1. The number of fused-ring (bicyclic) bond motifs is 6. The molecule has 3 fully saturated rings. The quantitative estimate of drug-likeness (QED) is 0.647. The molecule has 2 aromatic rings. The van der Waals surface area contributed by atoms with E-state index in [2.05, 4.69) is 62.4 Å². The van der Waals surface area contributed by atoms with Gasteiger partial charge in [0.05, 0.1) is 6.10 Å². The predicted octanol–water partition coefficient (Wildman–Crippen LogP) is 5.53. The lowest BCUT2D eigenvalue weighted by Crippen LogP contribution is -2.59. The van der Waals surface area contributed by atoms with Crippen molar-refractivity contribution in [1.82, 2.24) is 4.90 Å². The number of nitrogens with zero attached hydrogens (tertiary/aromatic N) is 1. The van der Waals surface area contributed by atoms with Gasteiger partial charge in [-0.15, -0.1) is 0 Å². The van der Waals surface area contributed by atoms with Crippen molar-refractivity contribution in [3.8, 4) is 0 Å². The Labute approximate surface area is 191 Å². The highest BCUT2D eigenvalue weighted by Gasteiger charge is 2.62. The molecule has 0 unspecified atom stereocenters. The van der Waals surface area contributed by atoms with Crippen LogP contribution in [0.5, 0.6) is 0 Å². The summed E-state index contributed by atoms with van der Waals surface area (Å²) in [6.45, 7) is 4.75. The Morgan fingerprint density at radius 1 is 1.00 bits per heavy atom. The van der Waals surface area contributed by atoms with Gasteiger partial charge in [-0.3, -0.25) is 4.79 Å². The van der Waals surface area contributed by atoms with E-state index in [9.17, 15) is 9.90 Å². The van der Waals surface area contributed by atoms with E-state index in [0.29, 0.717) is 23.8 Å². The number of amides is 1. The fourth-order valence-corrected chi connectivity index (χ4v) is 8.52. The number of hydrogen-bond acceptors (Lipinski definition) is 2. The van der Waals surface area contributed by atoms with Gasteiger partial charge in [0.2, 0.25) is 5.91 Å². The SMILES string of the molecule is CN1C(=O)C=C[C@]2(C)[C@H]3CC[C@]4(C)[C@@H](O)[C@H](c5ccc6ccccc6c5)C[C@H]4[C@@H]3CC[C@@H]12. The van der Waals surface area contributed by atoms with Crippen molar-refractivity contribution in [3.63, 3.8) is 0 Å².